The molecule has 0 saturated heterocycles. The van der Waals surface area contributed by atoms with Crippen molar-refractivity contribution in [3.63, 3.8) is 0 Å². The van der Waals surface area contributed by atoms with Crippen molar-refractivity contribution in [1.29, 1.82) is 0 Å². The highest BCUT2D eigenvalue weighted by Crippen LogP contribution is 2.24. The van der Waals surface area contributed by atoms with Crippen LogP contribution in [0.15, 0.2) is 27.8 Å². The lowest BCUT2D eigenvalue weighted by atomic mass is 10.1. The van der Waals surface area contributed by atoms with Crippen molar-refractivity contribution in [2.45, 2.75) is 59.4 Å². The third-order valence-corrected chi connectivity index (χ3v) is 5.34. The summed E-state index contributed by atoms with van der Waals surface area (Å²) in [5.41, 5.74) is 3.61. The minimum atomic E-state index is -0.846. The van der Waals surface area contributed by atoms with Gasteiger partial charge in [0.25, 0.3) is 17.2 Å². The Labute approximate surface area is 201 Å². The fraction of sp³-hybridized carbons (Fsp3) is 0.478. The molecular weight excluding hydrogens is 458 g/mol. The maximum Gasteiger partial charge on any atom is 0.338 e. The molecule has 35 heavy (non-hydrogen) atoms. The summed E-state index contributed by atoms with van der Waals surface area (Å²) in [7, 11) is 0. The standard InChI is InChI=1S/C23H31N5O7/c1-4-7-9-11-26(18-19(24)27(10-8-5-2)23(32)25-20(18)29)21(30)15-12-16(22(31)35-6-3)14-17(13-15)28(33)34/h12-14H,4-11,24H2,1-3H3,(H,25,29,32). The molecule has 12 nitrogen and oxygen atoms in total. The van der Waals surface area contributed by atoms with Gasteiger partial charge in [0.05, 0.1) is 17.1 Å². The summed E-state index contributed by atoms with van der Waals surface area (Å²) in [6, 6.07) is 3.22. The van der Waals surface area contributed by atoms with Crippen LogP contribution < -0.4 is 21.9 Å². The second-order valence-electron chi connectivity index (χ2n) is 7.91. The number of nitro benzene ring substituents is 1. The molecule has 0 fully saturated rings. The number of carbonyl (C=O) groups is 2. The van der Waals surface area contributed by atoms with Crippen molar-refractivity contribution in [3.8, 4) is 0 Å². The van der Waals surface area contributed by atoms with E-state index in [1.54, 1.807) is 6.92 Å². The van der Waals surface area contributed by atoms with Crippen LogP contribution in [0, 0.1) is 10.1 Å². The molecule has 1 aromatic heterocycles. The van der Waals surface area contributed by atoms with Gasteiger partial charge in [-0.3, -0.25) is 29.3 Å². The summed E-state index contributed by atoms with van der Waals surface area (Å²) >= 11 is 0. The molecule has 2 rings (SSSR count). The van der Waals surface area contributed by atoms with Crippen molar-refractivity contribution < 1.29 is 19.2 Å². The highest BCUT2D eigenvalue weighted by Gasteiger charge is 2.27. The first-order valence-electron chi connectivity index (χ1n) is 11.6. The molecule has 3 N–H and O–H groups in total. The third-order valence-electron chi connectivity index (χ3n) is 5.34. The number of carbonyl (C=O) groups excluding carboxylic acids is 2. The first-order chi connectivity index (χ1) is 16.7. The summed E-state index contributed by atoms with van der Waals surface area (Å²) in [6.45, 7) is 5.83. The molecular formula is C23H31N5O7. The Morgan fingerprint density at radius 3 is 2.34 bits per heavy atom. The van der Waals surface area contributed by atoms with E-state index in [0.29, 0.717) is 12.8 Å². The van der Waals surface area contributed by atoms with Gasteiger partial charge in [0.2, 0.25) is 0 Å². The second-order valence-corrected chi connectivity index (χ2v) is 7.91. The number of hydrogen-bond donors (Lipinski definition) is 2. The Morgan fingerprint density at radius 2 is 1.74 bits per heavy atom. The van der Waals surface area contributed by atoms with E-state index >= 15 is 0 Å². The number of aromatic amines is 1. The van der Waals surface area contributed by atoms with Gasteiger partial charge >= 0.3 is 11.7 Å². The van der Waals surface area contributed by atoms with Crippen LogP contribution in [0.1, 0.15) is 73.6 Å². The quantitative estimate of drug-likeness (QED) is 0.198. The lowest BCUT2D eigenvalue weighted by Gasteiger charge is -2.25. The summed E-state index contributed by atoms with van der Waals surface area (Å²) in [5.74, 6) is -1.77. The molecule has 2 aromatic rings. The predicted octanol–water partition coefficient (Wildman–Crippen LogP) is 2.84. The summed E-state index contributed by atoms with van der Waals surface area (Å²) in [4.78, 5) is 65.1. The molecule has 0 aliphatic heterocycles. The Bertz CT molecular complexity index is 1200. The number of H-pyrrole nitrogens is 1. The molecule has 0 atom stereocenters. The van der Waals surface area contributed by atoms with Gasteiger partial charge in [-0.2, -0.15) is 0 Å². The fourth-order valence-electron chi connectivity index (χ4n) is 3.54. The highest BCUT2D eigenvalue weighted by atomic mass is 16.6. The normalized spacial score (nSPS) is 10.7. The van der Waals surface area contributed by atoms with E-state index in [2.05, 4.69) is 4.98 Å². The zero-order chi connectivity index (χ0) is 26.1. The number of aromatic nitrogens is 2. The lowest BCUT2D eigenvalue weighted by molar-refractivity contribution is -0.384. The average Bonchev–Trinajstić information content (AvgIpc) is 2.82. The van der Waals surface area contributed by atoms with Crippen molar-refractivity contribution >= 4 is 29.1 Å². The van der Waals surface area contributed by atoms with Crippen molar-refractivity contribution in [2.75, 3.05) is 23.8 Å². The fourth-order valence-corrected chi connectivity index (χ4v) is 3.54. The molecule has 0 radical (unpaired) electrons. The van der Waals surface area contributed by atoms with E-state index in [-0.39, 0.29) is 42.3 Å². The number of esters is 1. The molecule has 1 heterocycles. The van der Waals surface area contributed by atoms with Crippen LogP contribution in [0.2, 0.25) is 0 Å². The molecule has 190 valence electrons. The molecule has 0 saturated carbocycles. The summed E-state index contributed by atoms with van der Waals surface area (Å²) < 4.78 is 6.12. The Balaban J connectivity index is 2.68. The maximum atomic E-state index is 13.6. The average molecular weight is 490 g/mol. The van der Waals surface area contributed by atoms with Crippen LogP contribution in [0.5, 0.6) is 0 Å². The number of nitrogen functional groups attached to an aromatic ring is 1. The molecule has 0 aliphatic carbocycles. The number of nitrogens with one attached hydrogen (secondary N) is 1. The predicted molar refractivity (Wildman–Crippen MR) is 131 cm³/mol. The van der Waals surface area contributed by atoms with Crippen molar-refractivity contribution in [2.24, 2.45) is 0 Å². The van der Waals surface area contributed by atoms with Crippen molar-refractivity contribution in [3.05, 3.63) is 60.3 Å². The van der Waals surface area contributed by atoms with E-state index in [1.165, 1.54) is 10.6 Å². The lowest BCUT2D eigenvalue weighted by Crippen LogP contribution is -2.41. The van der Waals surface area contributed by atoms with Crippen molar-refractivity contribution in [1.82, 2.24) is 9.55 Å². The number of nitrogens with zero attached hydrogens (tertiary/aromatic N) is 3. The number of hydrogen-bond acceptors (Lipinski definition) is 8. The number of unbranched alkanes of at least 4 members (excludes halogenated alkanes) is 3. The topological polar surface area (TPSA) is 171 Å². The van der Waals surface area contributed by atoms with Crippen LogP contribution >= 0.6 is 0 Å². The Kier molecular flexibility index (Phi) is 9.74. The summed E-state index contributed by atoms with van der Waals surface area (Å²) in [5, 5.41) is 11.5. The number of benzene rings is 1. The van der Waals surface area contributed by atoms with Gasteiger partial charge in [-0.05, 0) is 25.8 Å². The van der Waals surface area contributed by atoms with Crippen LogP contribution in [-0.4, -0.2) is 39.5 Å². The van der Waals surface area contributed by atoms with Gasteiger partial charge in [-0.1, -0.05) is 33.1 Å². The highest BCUT2D eigenvalue weighted by molar-refractivity contribution is 6.08. The van der Waals surface area contributed by atoms with Gasteiger partial charge in [-0.25, -0.2) is 9.59 Å². The monoisotopic (exact) mass is 489 g/mol. The number of rotatable bonds is 12. The van der Waals surface area contributed by atoms with E-state index < -0.39 is 33.7 Å². The number of anilines is 2. The van der Waals surface area contributed by atoms with Gasteiger partial charge < -0.3 is 15.4 Å². The van der Waals surface area contributed by atoms with Crippen LogP contribution in [0.3, 0.4) is 0 Å². The first kappa shape index (κ1) is 27.3. The molecule has 1 aromatic carbocycles. The van der Waals surface area contributed by atoms with Crippen LogP contribution in [0.25, 0.3) is 0 Å². The Morgan fingerprint density at radius 1 is 1.09 bits per heavy atom. The Hall–Kier alpha value is -3.96. The molecule has 1 amide bonds. The minimum absolute atomic E-state index is 0.0408. The molecule has 12 heteroatoms. The first-order valence-corrected chi connectivity index (χ1v) is 11.6. The molecule has 0 aliphatic rings. The largest absolute Gasteiger partial charge is 0.462 e. The van der Waals surface area contributed by atoms with Gasteiger partial charge in [0.15, 0.2) is 5.69 Å². The van der Waals surface area contributed by atoms with E-state index in [9.17, 15) is 29.3 Å². The van der Waals surface area contributed by atoms with E-state index in [0.717, 1.165) is 36.3 Å². The second kappa shape index (κ2) is 12.5. The number of nitro groups is 1. The molecule has 0 spiro atoms. The third kappa shape index (κ3) is 6.55. The van der Waals surface area contributed by atoms with E-state index in [1.807, 2.05) is 13.8 Å². The summed E-state index contributed by atoms with van der Waals surface area (Å²) in [6.07, 6.45) is 3.46. The van der Waals surface area contributed by atoms with Gasteiger partial charge in [-0.15, -0.1) is 0 Å². The zero-order valence-corrected chi connectivity index (χ0v) is 20.2. The maximum absolute atomic E-state index is 13.6. The number of ether oxygens (including phenoxy) is 1. The number of amides is 1. The SMILES string of the molecule is CCCCCN(C(=O)c1cc(C(=O)OCC)cc([N+](=O)[O-])c1)c1c(N)n(CCCC)c(=O)[nH]c1=O. The minimum Gasteiger partial charge on any atom is -0.462 e. The van der Waals surface area contributed by atoms with E-state index in [4.69, 9.17) is 10.5 Å². The van der Waals surface area contributed by atoms with Gasteiger partial charge in [0.1, 0.15) is 5.82 Å². The van der Waals surface area contributed by atoms with Crippen LogP contribution in [0.4, 0.5) is 17.2 Å². The molecule has 0 unspecified atom stereocenters. The van der Waals surface area contributed by atoms with Gasteiger partial charge in [0, 0.05) is 30.8 Å². The number of nitrogens with two attached hydrogens (primary N) is 1. The molecule has 0 bridgehead atoms. The smallest absolute Gasteiger partial charge is 0.338 e. The zero-order valence-electron chi connectivity index (χ0n) is 20.2. The number of non-ortho nitro benzene ring substituents is 1. The van der Waals surface area contributed by atoms with Crippen LogP contribution in [-0.2, 0) is 11.3 Å².